The number of ether oxygens (including phenoxy) is 2. The van der Waals surface area contributed by atoms with Crippen LogP contribution in [0.25, 0.3) is 0 Å². The van der Waals surface area contributed by atoms with E-state index in [0.29, 0.717) is 11.2 Å². The molecule has 1 atom stereocenters. The number of ketones is 1. The molecule has 0 radical (unpaired) electrons. The molecule has 0 aromatic heterocycles. The van der Waals surface area contributed by atoms with E-state index in [0.717, 1.165) is 38.9 Å². The van der Waals surface area contributed by atoms with Gasteiger partial charge in [-0.1, -0.05) is 0 Å². The lowest BCUT2D eigenvalue weighted by molar-refractivity contribution is -0.192. The first-order valence-corrected chi connectivity index (χ1v) is 7.89. The Morgan fingerprint density at radius 3 is 2.37 bits per heavy atom. The van der Waals surface area contributed by atoms with Gasteiger partial charge in [-0.2, -0.15) is 0 Å². The molecule has 108 valence electrons. The first-order chi connectivity index (χ1) is 9.14. The van der Waals surface area contributed by atoms with E-state index in [2.05, 4.69) is 0 Å². The molecular formula is C16H26O3. The molecule has 4 fully saturated rings. The largest absolute Gasteiger partial charge is 0.353 e. The van der Waals surface area contributed by atoms with Crippen molar-refractivity contribution in [3.63, 3.8) is 0 Å². The second kappa shape index (κ2) is 5.17. The minimum absolute atomic E-state index is 0.0308. The van der Waals surface area contributed by atoms with Crippen molar-refractivity contribution in [1.29, 1.82) is 0 Å². The van der Waals surface area contributed by atoms with Gasteiger partial charge in [0.25, 0.3) is 0 Å². The van der Waals surface area contributed by atoms with E-state index in [4.69, 9.17) is 9.47 Å². The van der Waals surface area contributed by atoms with E-state index < -0.39 is 0 Å². The van der Waals surface area contributed by atoms with Crippen LogP contribution in [0.4, 0.5) is 0 Å². The molecule has 1 unspecified atom stereocenters. The Morgan fingerprint density at radius 2 is 1.84 bits per heavy atom. The zero-order valence-corrected chi connectivity index (χ0v) is 12.1. The maximum Gasteiger partial charge on any atom is 0.157 e. The molecule has 3 heteroatoms. The number of rotatable bonds is 4. The molecule has 0 spiro atoms. The van der Waals surface area contributed by atoms with E-state index in [1.807, 2.05) is 0 Å². The predicted octanol–water partition coefficient (Wildman–Crippen LogP) is 3.46. The maximum absolute atomic E-state index is 11.8. The van der Waals surface area contributed by atoms with Crippen molar-refractivity contribution >= 4 is 5.78 Å². The van der Waals surface area contributed by atoms with Gasteiger partial charge in [-0.3, -0.25) is 4.79 Å². The number of hydrogen-bond donors (Lipinski definition) is 0. The van der Waals surface area contributed by atoms with Gasteiger partial charge in [-0.15, -0.1) is 0 Å². The number of Topliss-reactive ketones (excluding diaryl/α,β-unsaturated/α-hetero) is 1. The molecular weight excluding hydrogens is 240 g/mol. The van der Waals surface area contributed by atoms with Gasteiger partial charge in [0.2, 0.25) is 0 Å². The maximum atomic E-state index is 11.8. The Hall–Kier alpha value is -0.410. The van der Waals surface area contributed by atoms with Crippen LogP contribution in [0.3, 0.4) is 0 Å². The predicted molar refractivity (Wildman–Crippen MR) is 72.8 cm³/mol. The van der Waals surface area contributed by atoms with Gasteiger partial charge >= 0.3 is 0 Å². The van der Waals surface area contributed by atoms with Crippen LogP contribution in [0.2, 0.25) is 0 Å². The average molecular weight is 266 g/mol. The lowest BCUT2D eigenvalue weighted by Gasteiger charge is -2.52. The summed E-state index contributed by atoms with van der Waals surface area (Å²) in [6, 6.07) is 0. The van der Waals surface area contributed by atoms with Crippen molar-refractivity contribution in [3.05, 3.63) is 0 Å². The zero-order valence-electron chi connectivity index (χ0n) is 12.1. The van der Waals surface area contributed by atoms with E-state index >= 15 is 0 Å². The molecule has 19 heavy (non-hydrogen) atoms. The van der Waals surface area contributed by atoms with Gasteiger partial charge in [-0.25, -0.2) is 0 Å². The number of fused-ring (bicyclic) bond motifs is 3. The fourth-order valence-corrected chi connectivity index (χ4v) is 4.12. The van der Waals surface area contributed by atoms with Crippen molar-refractivity contribution < 1.29 is 14.3 Å². The van der Waals surface area contributed by atoms with Crippen LogP contribution >= 0.6 is 0 Å². The van der Waals surface area contributed by atoms with Gasteiger partial charge in [0, 0.05) is 12.0 Å². The van der Waals surface area contributed by atoms with Crippen molar-refractivity contribution in [2.24, 2.45) is 10.8 Å². The van der Waals surface area contributed by atoms with Gasteiger partial charge in [0.1, 0.15) is 5.78 Å². The summed E-state index contributed by atoms with van der Waals surface area (Å²) >= 11 is 0. The van der Waals surface area contributed by atoms with Crippen LogP contribution in [0, 0.1) is 10.8 Å². The van der Waals surface area contributed by atoms with E-state index in [-0.39, 0.29) is 11.7 Å². The monoisotopic (exact) mass is 266 g/mol. The minimum atomic E-state index is 0.0308. The highest BCUT2D eigenvalue weighted by Gasteiger charge is 2.51. The third-order valence-electron chi connectivity index (χ3n) is 5.86. The number of carbonyl (C=O) groups excluding carboxylic acids is 1. The Balaban J connectivity index is 1.54. The first kappa shape index (κ1) is 13.6. The van der Waals surface area contributed by atoms with Crippen molar-refractivity contribution in [1.82, 2.24) is 0 Å². The summed E-state index contributed by atoms with van der Waals surface area (Å²) < 4.78 is 11.7. The summed E-state index contributed by atoms with van der Waals surface area (Å²) in [6.45, 7) is 3.47. The van der Waals surface area contributed by atoms with E-state index in [1.54, 1.807) is 6.92 Å². The molecule has 4 aliphatic rings. The summed E-state index contributed by atoms with van der Waals surface area (Å²) in [7, 11) is 0. The molecule has 4 rings (SSSR count). The highest BCUT2D eigenvalue weighted by Crippen LogP contribution is 2.57. The Labute approximate surface area is 116 Å². The molecule has 1 aliphatic heterocycles. The van der Waals surface area contributed by atoms with Crippen LogP contribution in [0.5, 0.6) is 0 Å². The molecule has 2 bridgehead atoms. The second-order valence-electron chi connectivity index (χ2n) is 6.94. The van der Waals surface area contributed by atoms with Crippen LogP contribution in [-0.2, 0) is 14.3 Å². The Bertz CT molecular complexity index is 319. The third-order valence-corrected chi connectivity index (χ3v) is 5.86. The lowest BCUT2D eigenvalue weighted by atomic mass is 9.53. The molecule has 1 heterocycles. The quantitative estimate of drug-likeness (QED) is 0.781. The number of hydrogen-bond acceptors (Lipinski definition) is 3. The van der Waals surface area contributed by atoms with Gasteiger partial charge in [-0.05, 0) is 70.1 Å². The summed E-state index contributed by atoms with van der Waals surface area (Å²) in [6.07, 6.45) is 10.2. The molecule has 3 aliphatic carbocycles. The summed E-state index contributed by atoms with van der Waals surface area (Å²) in [5, 5.41) is 0. The highest BCUT2D eigenvalue weighted by atomic mass is 16.7. The van der Waals surface area contributed by atoms with Crippen molar-refractivity contribution in [2.45, 2.75) is 71.0 Å². The van der Waals surface area contributed by atoms with Crippen molar-refractivity contribution in [3.8, 4) is 0 Å². The molecule has 0 amide bonds. The second-order valence-corrected chi connectivity index (χ2v) is 6.94. The molecule has 3 nitrogen and oxygen atoms in total. The minimum Gasteiger partial charge on any atom is -0.353 e. The van der Waals surface area contributed by atoms with Crippen LogP contribution in [-0.4, -0.2) is 25.3 Å². The van der Waals surface area contributed by atoms with Gasteiger partial charge in [0.15, 0.2) is 6.29 Å². The van der Waals surface area contributed by atoms with E-state index in [9.17, 15) is 4.79 Å². The van der Waals surface area contributed by atoms with Crippen molar-refractivity contribution in [2.75, 3.05) is 13.2 Å². The zero-order chi connectivity index (χ0) is 13.3. The van der Waals surface area contributed by atoms with Gasteiger partial charge < -0.3 is 9.47 Å². The third kappa shape index (κ3) is 2.59. The van der Waals surface area contributed by atoms with Crippen LogP contribution in [0.1, 0.15) is 64.7 Å². The first-order valence-electron chi connectivity index (χ1n) is 7.89. The van der Waals surface area contributed by atoms with E-state index in [1.165, 1.54) is 32.1 Å². The highest BCUT2D eigenvalue weighted by molar-refractivity contribution is 5.82. The smallest absolute Gasteiger partial charge is 0.157 e. The standard InChI is InChI=1S/C16H26O3/c1-13(17)16-8-5-15(6-9-16,7-10-16)12-19-14-4-2-3-11-18-14/h14H,2-12H2,1H3. The fraction of sp³-hybridized carbons (Fsp3) is 0.938. The Kier molecular flexibility index (Phi) is 3.69. The number of carbonyl (C=O) groups is 1. The summed E-state index contributed by atoms with van der Waals surface area (Å²) in [5.41, 5.74) is 0.376. The topological polar surface area (TPSA) is 35.5 Å². The lowest BCUT2D eigenvalue weighted by Crippen LogP contribution is -2.47. The van der Waals surface area contributed by atoms with Gasteiger partial charge in [0.05, 0.1) is 6.61 Å². The molecule has 1 saturated heterocycles. The summed E-state index contributed by atoms with van der Waals surface area (Å²) in [4.78, 5) is 11.8. The SMILES string of the molecule is CC(=O)C12CCC(COC3CCCCO3)(CC1)CC2. The molecule has 0 aromatic carbocycles. The molecule has 0 aromatic rings. The summed E-state index contributed by atoms with van der Waals surface area (Å²) in [5.74, 6) is 0.414. The average Bonchev–Trinajstić information content (AvgIpc) is 2.48. The normalized spacial score (nSPS) is 42.3. The van der Waals surface area contributed by atoms with Crippen LogP contribution in [0.15, 0.2) is 0 Å². The molecule has 0 N–H and O–H groups in total. The Morgan fingerprint density at radius 1 is 1.16 bits per heavy atom. The fourth-order valence-electron chi connectivity index (χ4n) is 4.12. The molecule has 3 saturated carbocycles. The van der Waals surface area contributed by atoms with Crippen LogP contribution < -0.4 is 0 Å².